The number of carbonyl (C=O) groups excluding carboxylic acids is 3. The Bertz CT molecular complexity index is 803. The molecule has 148 valence electrons. The summed E-state index contributed by atoms with van der Waals surface area (Å²) in [6.07, 6.45) is -3.99. The molecular formula is C17H20O9S. The van der Waals surface area contributed by atoms with E-state index >= 15 is 0 Å². The van der Waals surface area contributed by atoms with Gasteiger partial charge in [-0.15, -0.1) is 0 Å². The fourth-order valence-electron chi connectivity index (χ4n) is 2.72. The first-order valence-electron chi connectivity index (χ1n) is 8.05. The van der Waals surface area contributed by atoms with Gasteiger partial charge < -0.3 is 18.9 Å². The van der Waals surface area contributed by atoms with Crippen LogP contribution in [0.25, 0.3) is 0 Å². The lowest BCUT2D eigenvalue weighted by Gasteiger charge is -2.40. The van der Waals surface area contributed by atoms with Gasteiger partial charge in [-0.25, -0.2) is 8.42 Å². The third-order valence-corrected chi connectivity index (χ3v) is 5.63. The molecule has 9 nitrogen and oxygen atoms in total. The molecule has 1 saturated heterocycles. The second-order valence-corrected chi connectivity index (χ2v) is 7.88. The SMILES string of the molecule is CC(=O)OC1COC(S(=O)(=O)c2ccccc2)C(OC(C)=O)C1OC(C)=O. The van der Waals surface area contributed by atoms with E-state index in [1.165, 1.54) is 24.3 Å². The summed E-state index contributed by atoms with van der Waals surface area (Å²) in [5.41, 5.74) is -1.64. The Kier molecular flexibility index (Phi) is 6.55. The van der Waals surface area contributed by atoms with Gasteiger partial charge in [-0.1, -0.05) is 18.2 Å². The average molecular weight is 400 g/mol. The molecule has 4 unspecified atom stereocenters. The van der Waals surface area contributed by atoms with E-state index in [1.54, 1.807) is 6.07 Å². The highest BCUT2D eigenvalue weighted by molar-refractivity contribution is 7.92. The van der Waals surface area contributed by atoms with Crippen LogP contribution in [0.5, 0.6) is 0 Å². The number of ether oxygens (including phenoxy) is 4. The molecule has 27 heavy (non-hydrogen) atoms. The lowest BCUT2D eigenvalue weighted by molar-refractivity contribution is -0.214. The minimum absolute atomic E-state index is 0.0559. The summed E-state index contributed by atoms with van der Waals surface area (Å²) in [6.45, 7) is 2.96. The predicted molar refractivity (Wildman–Crippen MR) is 90.0 cm³/mol. The zero-order valence-electron chi connectivity index (χ0n) is 15.0. The quantitative estimate of drug-likeness (QED) is 0.517. The van der Waals surface area contributed by atoms with Crippen LogP contribution in [0, 0.1) is 0 Å². The minimum atomic E-state index is -4.11. The third-order valence-electron chi connectivity index (χ3n) is 3.68. The molecule has 0 radical (unpaired) electrons. The number of hydrogen-bond donors (Lipinski definition) is 0. The number of benzene rings is 1. The summed E-state index contributed by atoms with van der Waals surface area (Å²) in [5.74, 6) is -2.25. The number of sulfone groups is 1. The van der Waals surface area contributed by atoms with E-state index in [2.05, 4.69) is 0 Å². The van der Waals surface area contributed by atoms with E-state index in [0.717, 1.165) is 20.8 Å². The second-order valence-electron chi connectivity index (χ2n) is 5.86. The standard InChI is InChI=1S/C17H20O9S/c1-10(18)24-14-9-23-17(27(21,22)13-7-5-4-6-8-13)16(26-12(3)20)15(14)25-11(2)19/h4-8,14-17H,9H2,1-3H3. The summed E-state index contributed by atoms with van der Waals surface area (Å²) in [6, 6.07) is 7.43. The van der Waals surface area contributed by atoms with Gasteiger partial charge in [0.1, 0.15) is 0 Å². The summed E-state index contributed by atoms with van der Waals surface area (Å²) < 4.78 is 46.7. The molecular weight excluding hydrogens is 380 g/mol. The Balaban J connectivity index is 2.46. The van der Waals surface area contributed by atoms with Gasteiger partial charge in [0.05, 0.1) is 11.5 Å². The Hall–Kier alpha value is -2.46. The van der Waals surface area contributed by atoms with Crippen molar-refractivity contribution in [2.45, 2.75) is 49.4 Å². The number of rotatable bonds is 5. The van der Waals surface area contributed by atoms with Crippen LogP contribution in [0.15, 0.2) is 35.2 Å². The molecule has 1 fully saturated rings. The summed E-state index contributed by atoms with van der Waals surface area (Å²) in [4.78, 5) is 34.3. The van der Waals surface area contributed by atoms with E-state index < -0.39 is 51.5 Å². The molecule has 10 heteroatoms. The van der Waals surface area contributed by atoms with Gasteiger partial charge in [0, 0.05) is 20.8 Å². The molecule has 1 aliphatic rings. The molecule has 2 rings (SSSR count). The van der Waals surface area contributed by atoms with Crippen molar-refractivity contribution in [1.29, 1.82) is 0 Å². The van der Waals surface area contributed by atoms with Crippen LogP contribution in [0.2, 0.25) is 0 Å². The van der Waals surface area contributed by atoms with Gasteiger partial charge in [0.2, 0.25) is 15.3 Å². The minimum Gasteiger partial charge on any atom is -0.456 e. The average Bonchev–Trinajstić information content (AvgIpc) is 2.57. The molecule has 0 bridgehead atoms. The lowest BCUT2D eigenvalue weighted by Crippen LogP contribution is -2.59. The highest BCUT2D eigenvalue weighted by Gasteiger charge is 2.52. The van der Waals surface area contributed by atoms with E-state index in [0.29, 0.717) is 0 Å². The summed E-state index contributed by atoms with van der Waals surface area (Å²) in [5, 5.41) is 0. The molecule has 1 heterocycles. The van der Waals surface area contributed by atoms with Crippen molar-refractivity contribution >= 4 is 27.7 Å². The van der Waals surface area contributed by atoms with Gasteiger partial charge in [0.25, 0.3) is 0 Å². The van der Waals surface area contributed by atoms with E-state index in [4.69, 9.17) is 18.9 Å². The fraction of sp³-hybridized carbons (Fsp3) is 0.471. The van der Waals surface area contributed by atoms with Crippen molar-refractivity contribution in [3.63, 3.8) is 0 Å². The van der Waals surface area contributed by atoms with Gasteiger partial charge in [-0.2, -0.15) is 0 Å². The van der Waals surface area contributed by atoms with Gasteiger partial charge in [-0.05, 0) is 12.1 Å². The number of hydrogen-bond acceptors (Lipinski definition) is 9. The number of carbonyl (C=O) groups is 3. The molecule has 1 aromatic carbocycles. The topological polar surface area (TPSA) is 122 Å². The molecule has 4 atom stereocenters. The zero-order chi connectivity index (χ0) is 20.2. The van der Waals surface area contributed by atoms with Crippen molar-refractivity contribution in [2.24, 2.45) is 0 Å². The zero-order valence-corrected chi connectivity index (χ0v) is 15.8. The van der Waals surface area contributed by atoms with E-state index in [1.807, 2.05) is 0 Å². The van der Waals surface area contributed by atoms with Gasteiger partial charge in [0.15, 0.2) is 18.3 Å². The Morgan fingerprint density at radius 3 is 1.93 bits per heavy atom. The van der Waals surface area contributed by atoms with Gasteiger partial charge in [-0.3, -0.25) is 14.4 Å². The number of esters is 3. The Morgan fingerprint density at radius 1 is 0.889 bits per heavy atom. The van der Waals surface area contributed by atoms with Crippen molar-refractivity contribution in [3.05, 3.63) is 30.3 Å². The van der Waals surface area contributed by atoms with Crippen molar-refractivity contribution in [3.8, 4) is 0 Å². The molecule has 1 aromatic rings. The molecule has 0 amide bonds. The van der Waals surface area contributed by atoms with Crippen molar-refractivity contribution in [1.82, 2.24) is 0 Å². The molecule has 0 saturated carbocycles. The maximum absolute atomic E-state index is 13.0. The lowest BCUT2D eigenvalue weighted by atomic mass is 10.1. The van der Waals surface area contributed by atoms with Crippen LogP contribution < -0.4 is 0 Å². The fourth-order valence-corrected chi connectivity index (χ4v) is 4.35. The normalized spacial score (nSPS) is 25.3. The van der Waals surface area contributed by atoms with Crippen LogP contribution >= 0.6 is 0 Å². The molecule has 0 aliphatic carbocycles. The monoisotopic (exact) mass is 400 g/mol. The maximum Gasteiger partial charge on any atom is 0.303 e. The van der Waals surface area contributed by atoms with Crippen LogP contribution in [-0.4, -0.2) is 56.7 Å². The second kappa shape index (κ2) is 8.49. The van der Waals surface area contributed by atoms with Crippen LogP contribution in [-0.2, 0) is 43.2 Å². The molecule has 0 spiro atoms. The van der Waals surface area contributed by atoms with E-state index in [-0.39, 0.29) is 11.5 Å². The third kappa shape index (κ3) is 5.04. The highest BCUT2D eigenvalue weighted by atomic mass is 32.2. The first-order valence-corrected chi connectivity index (χ1v) is 9.59. The summed E-state index contributed by atoms with van der Waals surface area (Å²) in [7, 11) is -4.11. The van der Waals surface area contributed by atoms with Gasteiger partial charge >= 0.3 is 17.9 Å². The Labute approximate surface area is 156 Å². The summed E-state index contributed by atoms with van der Waals surface area (Å²) >= 11 is 0. The van der Waals surface area contributed by atoms with Crippen molar-refractivity contribution < 1.29 is 41.7 Å². The van der Waals surface area contributed by atoms with Crippen LogP contribution in [0.4, 0.5) is 0 Å². The first-order chi connectivity index (χ1) is 12.6. The van der Waals surface area contributed by atoms with Crippen molar-refractivity contribution in [2.75, 3.05) is 6.61 Å². The molecule has 0 N–H and O–H groups in total. The maximum atomic E-state index is 13.0. The Morgan fingerprint density at radius 2 is 1.41 bits per heavy atom. The highest BCUT2D eigenvalue weighted by Crippen LogP contribution is 2.30. The van der Waals surface area contributed by atoms with Crippen LogP contribution in [0.3, 0.4) is 0 Å². The largest absolute Gasteiger partial charge is 0.456 e. The molecule has 1 aliphatic heterocycles. The smallest absolute Gasteiger partial charge is 0.303 e. The molecule has 0 aromatic heterocycles. The predicted octanol–water partition coefficient (Wildman–Crippen LogP) is 0.612. The van der Waals surface area contributed by atoms with E-state index in [9.17, 15) is 22.8 Å². The first kappa shape index (κ1) is 20.8. The van der Waals surface area contributed by atoms with Crippen LogP contribution in [0.1, 0.15) is 20.8 Å².